The number of nitrogens with one attached hydrogen (secondary N) is 2. The van der Waals surface area contributed by atoms with E-state index in [0.717, 1.165) is 73.8 Å². The molecule has 8 heteroatoms. The predicted octanol–water partition coefficient (Wildman–Crippen LogP) is 2.64. The quantitative estimate of drug-likeness (QED) is 0.440. The van der Waals surface area contributed by atoms with Gasteiger partial charge >= 0.3 is 0 Å². The molecule has 2 fully saturated rings. The lowest BCUT2D eigenvalue weighted by Gasteiger charge is -2.36. The maximum absolute atomic E-state index is 12.4. The molecule has 182 valence electrons. The van der Waals surface area contributed by atoms with Crippen molar-refractivity contribution in [2.75, 3.05) is 49.1 Å². The lowest BCUT2D eigenvalue weighted by atomic mass is 10.0. The fraction of sp³-hybridized carbons (Fsp3) is 0.286. The van der Waals surface area contributed by atoms with Gasteiger partial charge in [0, 0.05) is 62.7 Å². The van der Waals surface area contributed by atoms with E-state index in [4.69, 9.17) is 0 Å². The van der Waals surface area contributed by atoms with Crippen molar-refractivity contribution in [1.29, 1.82) is 0 Å². The van der Waals surface area contributed by atoms with E-state index < -0.39 is 0 Å². The van der Waals surface area contributed by atoms with Crippen LogP contribution in [-0.4, -0.2) is 66.4 Å². The zero-order valence-electron chi connectivity index (χ0n) is 20.1. The summed E-state index contributed by atoms with van der Waals surface area (Å²) in [6.45, 7) is 4.97. The van der Waals surface area contributed by atoms with E-state index in [0.29, 0.717) is 5.56 Å². The molecule has 0 unspecified atom stereocenters. The van der Waals surface area contributed by atoms with E-state index in [1.54, 1.807) is 6.20 Å². The van der Waals surface area contributed by atoms with Gasteiger partial charge in [-0.25, -0.2) is 4.98 Å². The van der Waals surface area contributed by atoms with Crippen molar-refractivity contribution in [3.8, 4) is 0 Å². The molecule has 2 saturated heterocycles. The Morgan fingerprint density at radius 2 is 1.58 bits per heavy atom. The minimum absolute atomic E-state index is 0.0634. The third kappa shape index (κ3) is 4.59. The number of benzene rings is 2. The van der Waals surface area contributed by atoms with E-state index in [-0.39, 0.29) is 11.9 Å². The molecule has 0 bridgehead atoms. The number of carbonyl (C=O) groups excluding carboxylic acids is 1. The minimum Gasteiger partial charge on any atom is -0.353 e. The summed E-state index contributed by atoms with van der Waals surface area (Å²) in [5.41, 5.74) is 2.83. The number of rotatable bonds is 6. The van der Waals surface area contributed by atoms with Crippen LogP contribution in [0.2, 0.25) is 0 Å². The van der Waals surface area contributed by atoms with Crippen LogP contribution in [0.4, 0.5) is 11.6 Å². The molecule has 2 aliphatic rings. The van der Waals surface area contributed by atoms with Crippen molar-refractivity contribution in [1.82, 2.24) is 25.8 Å². The van der Waals surface area contributed by atoms with Gasteiger partial charge in [0.05, 0.1) is 17.3 Å². The Kier molecular flexibility index (Phi) is 6.17. The first-order chi connectivity index (χ1) is 17.7. The van der Waals surface area contributed by atoms with Crippen LogP contribution in [0.3, 0.4) is 0 Å². The van der Waals surface area contributed by atoms with E-state index in [2.05, 4.69) is 84.1 Å². The molecule has 4 aromatic rings. The van der Waals surface area contributed by atoms with Crippen LogP contribution in [0.25, 0.3) is 10.8 Å². The Morgan fingerprint density at radius 1 is 0.861 bits per heavy atom. The van der Waals surface area contributed by atoms with Crippen molar-refractivity contribution in [3.63, 3.8) is 0 Å². The van der Waals surface area contributed by atoms with Gasteiger partial charge in [0.2, 0.25) is 0 Å². The number of hydrogen-bond donors (Lipinski definition) is 2. The van der Waals surface area contributed by atoms with E-state index in [1.807, 2.05) is 18.2 Å². The molecule has 36 heavy (non-hydrogen) atoms. The zero-order chi connectivity index (χ0) is 24.3. The van der Waals surface area contributed by atoms with E-state index in [1.165, 1.54) is 5.56 Å². The predicted molar refractivity (Wildman–Crippen MR) is 142 cm³/mol. The maximum atomic E-state index is 12.4. The minimum atomic E-state index is -0.0634. The van der Waals surface area contributed by atoms with Crippen LogP contribution in [0.15, 0.2) is 72.9 Å². The fourth-order valence-corrected chi connectivity index (χ4v) is 4.81. The molecule has 2 aromatic carbocycles. The van der Waals surface area contributed by atoms with Gasteiger partial charge in [-0.2, -0.15) is 5.10 Å². The van der Waals surface area contributed by atoms with Gasteiger partial charge in [0.15, 0.2) is 5.82 Å². The van der Waals surface area contributed by atoms with Gasteiger partial charge in [-0.05, 0) is 17.7 Å². The lowest BCUT2D eigenvalue weighted by Crippen LogP contribution is -2.56. The molecular formula is C28H29N7O. The smallest absolute Gasteiger partial charge is 0.253 e. The standard InChI is InChI=1S/C28H29N7O/c36-28(31-22-18-29-19-22)21-10-11-26(30-17-21)34-12-14-35(15-13-34)27-24-9-5-4-8-23(24)25(32-33-27)16-20-6-2-1-3-7-20/h1-11,17,22,29H,12-16,18-19H2,(H,31,36). The first-order valence-electron chi connectivity index (χ1n) is 12.5. The second kappa shape index (κ2) is 9.91. The number of pyridine rings is 1. The molecule has 4 heterocycles. The second-order valence-corrected chi connectivity index (χ2v) is 9.39. The molecule has 0 spiro atoms. The first kappa shape index (κ1) is 22.4. The van der Waals surface area contributed by atoms with E-state index >= 15 is 0 Å². The van der Waals surface area contributed by atoms with Gasteiger partial charge < -0.3 is 20.4 Å². The lowest BCUT2D eigenvalue weighted by molar-refractivity contribution is 0.0923. The molecule has 0 atom stereocenters. The highest BCUT2D eigenvalue weighted by molar-refractivity contribution is 5.94. The summed E-state index contributed by atoms with van der Waals surface area (Å²) in [5, 5.41) is 17.8. The number of fused-ring (bicyclic) bond motifs is 1. The third-order valence-corrected chi connectivity index (χ3v) is 6.99. The Morgan fingerprint density at radius 3 is 2.28 bits per heavy atom. The van der Waals surface area contributed by atoms with Crippen molar-refractivity contribution < 1.29 is 4.79 Å². The molecule has 0 radical (unpaired) electrons. The summed E-state index contributed by atoms with van der Waals surface area (Å²) in [7, 11) is 0. The number of aromatic nitrogens is 3. The molecular weight excluding hydrogens is 450 g/mol. The summed E-state index contributed by atoms with van der Waals surface area (Å²) in [4.78, 5) is 21.5. The Balaban J connectivity index is 1.14. The molecule has 2 aromatic heterocycles. The van der Waals surface area contributed by atoms with Crippen LogP contribution in [0, 0.1) is 0 Å². The largest absolute Gasteiger partial charge is 0.353 e. The summed E-state index contributed by atoms with van der Waals surface area (Å²) >= 11 is 0. The average Bonchev–Trinajstić information content (AvgIpc) is 2.92. The second-order valence-electron chi connectivity index (χ2n) is 9.39. The van der Waals surface area contributed by atoms with Crippen LogP contribution >= 0.6 is 0 Å². The van der Waals surface area contributed by atoms with Crippen molar-refractivity contribution in [3.05, 3.63) is 89.7 Å². The molecule has 2 aliphatic heterocycles. The summed E-state index contributed by atoms with van der Waals surface area (Å²) in [6.07, 6.45) is 2.44. The Hall–Kier alpha value is -4.04. The van der Waals surface area contributed by atoms with Crippen LogP contribution in [0.1, 0.15) is 21.6 Å². The SMILES string of the molecule is O=C(NC1CNC1)c1ccc(N2CCN(c3nnc(Cc4ccccc4)c4ccccc34)CC2)nc1. The van der Waals surface area contributed by atoms with Crippen molar-refractivity contribution in [2.24, 2.45) is 0 Å². The van der Waals surface area contributed by atoms with Gasteiger partial charge in [0.25, 0.3) is 5.91 Å². The summed E-state index contributed by atoms with van der Waals surface area (Å²) in [6, 6.07) is 22.9. The monoisotopic (exact) mass is 479 g/mol. The number of piperazine rings is 1. The molecule has 0 aliphatic carbocycles. The van der Waals surface area contributed by atoms with Crippen LogP contribution in [0.5, 0.6) is 0 Å². The van der Waals surface area contributed by atoms with Crippen molar-refractivity contribution >= 4 is 28.3 Å². The van der Waals surface area contributed by atoms with Crippen LogP contribution in [-0.2, 0) is 6.42 Å². The molecule has 1 amide bonds. The van der Waals surface area contributed by atoms with Crippen molar-refractivity contribution in [2.45, 2.75) is 12.5 Å². The normalized spacial score (nSPS) is 16.1. The zero-order valence-corrected chi connectivity index (χ0v) is 20.1. The third-order valence-electron chi connectivity index (χ3n) is 6.99. The summed E-state index contributed by atoms with van der Waals surface area (Å²) in [5.74, 6) is 1.77. The highest BCUT2D eigenvalue weighted by Crippen LogP contribution is 2.28. The number of carbonyl (C=O) groups is 1. The number of anilines is 2. The van der Waals surface area contributed by atoms with E-state index in [9.17, 15) is 4.79 Å². The van der Waals surface area contributed by atoms with Gasteiger partial charge in [-0.15, -0.1) is 5.10 Å². The van der Waals surface area contributed by atoms with Crippen LogP contribution < -0.4 is 20.4 Å². The Bertz CT molecular complexity index is 1350. The molecule has 2 N–H and O–H groups in total. The van der Waals surface area contributed by atoms with Gasteiger partial charge in [-0.1, -0.05) is 54.6 Å². The fourth-order valence-electron chi connectivity index (χ4n) is 4.81. The average molecular weight is 480 g/mol. The maximum Gasteiger partial charge on any atom is 0.253 e. The summed E-state index contributed by atoms with van der Waals surface area (Å²) < 4.78 is 0. The molecule has 6 rings (SSSR count). The number of hydrogen-bond acceptors (Lipinski definition) is 7. The highest BCUT2D eigenvalue weighted by atomic mass is 16.1. The molecule has 8 nitrogen and oxygen atoms in total. The number of nitrogens with zero attached hydrogens (tertiary/aromatic N) is 5. The Labute approximate surface area is 210 Å². The van der Waals surface area contributed by atoms with Gasteiger partial charge in [-0.3, -0.25) is 4.79 Å². The number of amides is 1. The first-order valence-corrected chi connectivity index (χ1v) is 12.5. The van der Waals surface area contributed by atoms with Gasteiger partial charge in [0.1, 0.15) is 5.82 Å². The highest BCUT2D eigenvalue weighted by Gasteiger charge is 2.23. The topological polar surface area (TPSA) is 86.3 Å². The molecule has 0 saturated carbocycles.